The molecule has 0 bridgehead atoms. The van der Waals surface area contributed by atoms with Gasteiger partial charge in [0.15, 0.2) is 0 Å². The van der Waals surface area contributed by atoms with Crippen molar-refractivity contribution in [2.45, 2.75) is 63.8 Å². The quantitative estimate of drug-likeness (QED) is 0.423. The van der Waals surface area contributed by atoms with Crippen molar-refractivity contribution in [2.75, 3.05) is 13.1 Å². The molecule has 0 aliphatic heterocycles. The minimum atomic E-state index is 0.166. The first-order chi connectivity index (χ1) is 8.26. The molecule has 1 rings (SSSR count). The van der Waals surface area contributed by atoms with E-state index in [0.29, 0.717) is 0 Å². The highest BCUT2D eigenvalue weighted by Crippen LogP contribution is 2.32. The second kappa shape index (κ2) is 7.74. The van der Waals surface area contributed by atoms with Crippen LogP contribution in [0.4, 0.5) is 0 Å². The Morgan fingerprint density at radius 3 is 2.88 bits per heavy atom. The van der Waals surface area contributed by atoms with Crippen LogP contribution in [0.1, 0.15) is 58.3 Å². The largest absolute Gasteiger partial charge is 0.329 e. The first-order valence-corrected chi connectivity index (χ1v) is 7.15. The molecule has 0 heterocycles. The van der Waals surface area contributed by atoms with Gasteiger partial charge in [0.05, 0.1) is 0 Å². The molecule has 0 amide bonds. The Labute approximate surface area is 107 Å². The zero-order valence-electron chi connectivity index (χ0n) is 11.3. The fraction of sp³-hybridized carbons (Fsp3) is 0.867. The third-order valence-corrected chi connectivity index (χ3v) is 4.16. The molecule has 1 fully saturated rings. The van der Waals surface area contributed by atoms with Crippen LogP contribution in [0.15, 0.2) is 0 Å². The van der Waals surface area contributed by atoms with Gasteiger partial charge in [-0.15, -0.1) is 12.3 Å². The molecule has 2 nitrogen and oxygen atoms in total. The van der Waals surface area contributed by atoms with Gasteiger partial charge in [-0.05, 0) is 25.2 Å². The molecule has 0 aromatic carbocycles. The van der Waals surface area contributed by atoms with E-state index in [1.807, 2.05) is 0 Å². The second-order valence-electron chi connectivity index (χ2n) is 5.45. The molecule has 17 heavy (non-hydrogen) atoms. The predicted molar refractivity (Wildman–Crippen MR) is 74.7 cm³/mol. The smallest absolute Gasteiger partial charge is 0.0304 e. The standard InChI is InChI=1S/C15H28N2/c1-3-5-12-17-15(13-16)10-6-8-14(7-4-2)9-11-15/h1,14,17H,4-13,16H2,2H3. The summed E-state index contributed by atoms with van der Waals surface area (Å²) in [4.78, 5) is 0. The maximum absolute atomic E-state index is 6.00. The zero-order chi connectivity index (χ0) is 12.6. The van der Waals surface area contributed by atoms with Crippen LogP contribution in [-0.2, 0) is 0 Å². The minimum absolute atomic E-state index is 0.166. The van der Waals surface area contributed by atoms with Gasteiger partial charge in [-0.2, -0.15) is 0 Å². The molecule has 0 spiro atoms. The predicted octanol–water partition coefficient (Wildman–Crippen LogP) is 2.68. The van der Waals surface area contributed by atoms with Crippen molar-refractivity contribution in [3.05, 3.63) is 0 Å². The highest BCUT2D eigenvalue weighted by atomic mass is 15.0. The molecule has 2 atom stereocenters. The summed E-state index contributed by atoms with van der Waals surface area (Å²) < 4.78 is 0. The van der Waals surface area contributed by atoms with Gasteiger partial charge < -0.3 is 11.1 Å². The molecule has 3 N–H and O–H groups in total. The second-order valence-corrected chi connectivity index (χ2v) is 5.45. The number of terminal acetylenes is 1. The summed E-state index contributed by atoms with van der Waals surface area (Å²) >= 11 is 0. The monoisotopic (exact) mass is 236 g/mol. The summed E-state index contributed by atoms with van der Waals surface area (Å²) in [7, 11) is 0. The van der Waals surface area contributed by atoms with Gasteiger partial charge in [0, 0.05) is 25.0 Å². The summed E-state index contributed by atoms with van der Waals surface area (Å²) in [5, 5.41) is 3.62. The highest BCUT2D eigenvalue weighted by Gasteiger charge is 2.30. The molecule has 0 aromatic heterocycles. The summed E-state index contributed by atoms with van der Waals surface area (Å²) in [6.45, 7) is 3.94. The van der Waals surface area contributed by atoms with Crippen LogP contribution < -0.4 is 11.1 Å². The summed E-state index contributed by atoms with van der Waals surface area (Å²) in [5.41, 5.74) is 6.16. The Morgan fingerprint density at radius 2 is 2.24 bits per heavy atom. The van der Waals surface area contributed by atoms with Gasteiger partial charge in [0.1, 0.15) is 0 Å². The van der Waals surface area contributed by atoms with Gasteiger partial charge in [0.25, 0.3) is 0 Å². The number of hydrogen-bond acceptors (Lipinski definition) is 2. The third kappa shape index (κ3) is 4.69. The maximum atomic E-state index is 6.00. The van der Waals surface area contributed by atoms with Gasteiger partial charge in [-0.3, -0.25) is 0 Å². The summed E-state index contributed by atoms with van der Waals surface area (Å²) in [5.74, 6) is 3.61. The van der Waals surface area contributed by atoms with Crippen molar-refractivity contribution in [1.29, 1.82) is 0 Å². The Kier molecular flexibility index (Phi) is 6.62. The summed E-state index contributed by atoms with van der Waals surface area (Å²) in [6, 6.07) is 0. The van der Waals surface area contributed by atoms with Gasteiger partial charge >= 0.3 is 0 Å². The number of hydrogen-bond donors (Lipinski definition) is 2. The molecule has 0 aromatic rings. The molecule has 98 valence electrons. The lowest BCUT2D eigenvalue weighted by atomic mass is 9.89. The zero-order valence-corrected chi connectivity index (χ0v) is 11.3. The van der Waals surface area contributed by atoms with E-state index < -0.39 is 0 Å². The van der Waals surface area contributed by atoms with Crippen LogP contribution >= 0.6 is 0 Å². The topological polar surface area (TPSA) is 38.0 Å². The fourth-order valence-corrected chi connectivity index (χ4v) is 3.03. The fourth-order valence-electron chi connectivity index (χ4n) is 3.03. The van der Waals surface area contributed by atoms with E-state index in [4.69, 9.17) is 12.2 Å². The van der Waals surface area contributed by atoms with Crippen molar-refractivity contribution < 1.29 is 0 Å². The van der Waals surface area contributed by atoms with Crippen LogP contribution in [0.2, 0.25) is 0 Å². The van der Waals surface area contributed by atoms with Crippen molar-refractivity contribution in [1.82, 2.24) is 5.32 Å². The van der Waals surface area contributed by atoms with Crippen LogP contribution in [0.25, 0.3) is 0 Å². The van der Waals surface area contributed by atoms with Crippen LogP contribution in [-0.4, -0.2) is 18.6 Å². The van der Waals surface area contributed by atoms with Crippen molar-refractivity contribution in [3.8, 4) is 12.3 Å². The van der Waals surface area contributed by atoms with Crippen molar-refractivity contribution in [2.24, 2.45) is 11.7 Å². The molecular weight excluding hydrogens is 208 g/mol. The Hall–Kier alpha value is -0.520. The summed E-state index contributed by atoms with van der Waals surface area (Å²) in [6.07, 6.45) is 15.3. The lowest BCUT2D eigenvalue weighted by Gasteiger charge is -2.33. The molecular formula is C15H28N2. The van der Waals surface area contributed by atoms with Gasteiger partial charge in [-0.25, -0.2) is 0 Å². The average molecular weight is 236 g/mol. The molecule has 1 aliphatic carbocycles. The average Bonchev–Trinajstić information content (AvgIpc) is 2.54. The van der Waals surface area contributed by atoms with Crippen LogP contribution in [0.5, 0.6) is 0 Å². The van der Waals surface area contributed by atoms with E-state index in [-0.39, 0.29) is 5.54 Å². The normalized spacial score (nSPS) is 29.6. The van der Waals surface area contributed by atoms with E-state index in [1.165, 1.54) is 44.9 Å². The lowest BCUT2D eigenvalue weighted by molar-refractivity contribution is 0.290. The minimum Gasteiger partial charge on any atom is -0.329 e. The van der Waals surface area contributed by atoms with Crippen LogP contribution in [0, 0.1) is 18.3 Å². The number of rotatable bonds is 6. The van der Waals surface area contributed by atoms with E-state index in [0.717, 1.165) is 25.4 Å². The molecule has 1 saturated carbocycles. The van der Waals surface area contributed by atoms with Crippen molar-refractivity contribution >= 4 is 0 Å². The Balaban J connectivity index is 2.46. The number of nitrogens with two attached hydrogens (primary N) is 1. The molecule has 2 unspecified atom stereocenters. The van der Waals surface area contributed by atoms with Gasteiger partial charge in [-0.1, -0.05) is 32.6 Å². The van der Waals surface area contributed by atoms with Crippen molar-refractivity contribution in [3.63, 3.8) is 0 Å². The molecule has 2 heteroatoms. The third-order valence-electron chi connectivity index (χ3n) is 4.16. The SMILES string of the molecule is C#CCCNC1(CN)CCCC(CCC)CC1. The van der Waals surface area contributed by atoms with E-state index >= 15 is 0 Å². The number of nitrogens with one attached hydrogen (secondary N) is 1. The van der Waals surface area contributed by atoms with Crippen LogP contribution in [0.3, 0.4) is 0 Å². The molecule has 1 aliphatic rings. The van der Waals surface area contributed by atoms with E-state index in [2.05, 4.69) is 18.2 Å². The van der Waals surface area contributed by atoms with Gasteiger partial charge in [0.2, 0.25) is 0 Å². The maximum Gasteiger partial charge on any atom is 0.0304 e. The first-order valence-electron chi connectivity index (χ1n) is 7.15. The molecule has 0 radical (unpaired) electrons. The lowest BCUT2D eigenvalue weighted by Crippen LogP contribution is -2.51. The Bertz CT molecular complexity index is 244. The first kappa shape index (κ1) is 14.5. The highest BCUT2D eigenvalue weighted by molar-refractivity contribution is 4.94. The Morgan fingerprint density at radius 1 is 1.41 bits per heavy atom. The molecule has 0 saturated heterocycles. The van der Waals surface area contributed by atoms with E-state index in [9.17, 15) is 0 Å². The van der Waals surface area contributed by atoms with E-state index in [1.54, 1.807) is 0 Å².